The molecular formula is C21H29ClN4O4. The number of nitrogens with zero attached hydrogens (tertiary/aromatic N) is 2. The predicted molar refractivity (Wildman–Crippen MR) is 115 cm³/mol. The number of aliphatic hydroxyl groups excluding tert-OH is 1. The van der Waals surface area contributed by atoms with Gasteiger partial charge in [0.1, 0.15) is 6.04 Å². The van der Waals surface area contributed by atoms with Crippen molar-refractivity contribution in [3.8, 4) is 11.3 Å². The Hall–Kier alpha value is -2.42. The van der Waals surface area contributed by atoms with Gasteiger partial charge in [-0.3, -0.25) is 9.59 Å². The van der Waals surface area contributed by atoms with Crippen LogP contribution in [0, 0.1) is 5.41 Å². The summed E-state index contributed by atoms with van der Waals surface area (Å²) in [7, 11) is 0. The van der Waals surface area contributed by atoms with Crippen LogP contribution in [0.4, 0.5) is 0 Å². The molecule has 0 aliphatic carbocycles. The lowest BCUT2D eigenvalue weighted by Gasteiger charge is -2.32. The molecule has 1 aromatic heterocycles. The molecule has 4 N–H and O–H groups in total. The third-order valence-corrected chi connectivity index (χ3v) is 5.20. The number of aliphatic hydroxyl groups is 1. The zero-order valence-corrected chi connectivity index (χ0v) is 18.2. The number of aromatic nitrogens is 1. The molecule has 9 heteroatoms. The minimum atomic E-state index is -0.744. The lowest BCUT2D eigenvalue weighted by atomic mass is 9.86. The van der Waals surface area contributed by atoms with Gasteiger partial charge in [-0.15, -0.1) is 12.4 Å². The summed E-state index contributed by atoms with van der Waals surface area (Å²) in [6.07, 6.45) is 2.48. The van der Waals surface area contributed by atoms with Crippen LogP contribution in [0.15, 0.2) is 41.3 Å². The normalized spacial score (nSPS) is 19.8. The van der Waals surface area contributed by atoms with Crippen LogP contribution < -0.4 is 11.1 Å². The molecular weight excluding hydrogens is 408 g/mol. The van der Waals surface area contributed by atoms with Crippen LogP contribution in [0.1, 0.15) is 32.8 Å². The van der Waals surface area contributed by atoms with Gasteiger partial charge < -0.3 is 25.5 Å². The molecule has 8 nitrogen and oxygen atoms in total. The number of amides is 2. The highest BCUT2D eigenvalue weighted by Gasteiger charge is 2.42. The number of carbonyl (C=O) groups excluding carboxylic acids is 2. The van der Waals surface area contributed by atoms with E-state index in [1.54, 1.807) is 6.20 Å². The number of hydrogen-bond acceptors (Lipinski definition) is 6. The summed E-state index contributed by atoms with van der Waals surface area (Å²) < 4.78 is 5.26. The zero-order chi connectivity index (χ0) is 21.2. The molecule has 2 amide bonds. The van der Waals surface area contributed by atoms with Gasteiger partial charge in [0.05, 0.1) is 18.3 Å². The molecule has 0 saturated carbocycles. The van der Waals surface area contributed by atoms with Crippen molar-refractivity contribution in [3.05, 3.63) is 42.4 Å². The lowest BCUT2D eigenvalue weighted by Crippen LogP contribution is -2.54. The van der Waals surface area contributed by atoms with Crippen LogP contribution in [-0.4, -0.2) is 51.5 Å². The van der Waals surface area contributed by atoms with Crippen LogP contribution >= 0.6 is 12.4 Å². The van der Waals surface area contributed by atoms with Crippen LogP contribution in [-0.2, 0) is 16.1 Å². The smallest absolute Gasteiger partial charge is 0.243 e. The van der Waals surface area contributed by atoms with Gasteiger partial charge in [-0.25, -0.2) is 4.98 Å². The van der Waals surface area contributed by atoms with Gasteiger partial charge in [-0.1, -0.05) is 45.0 Å². The van der Waals surface area contributed by atoms with E-state index < -0.39 is 23.6 Å². The first kappa shape index (κ1) is 23.9. The van der Waals surface area contributed by atoms with Gasteiger partial charge in [0.15, 0.2) is 12.2 Å². The third-order valence-electron chi connectivity index (χ3n) is 5.20. The minimum Gasteiger partial charge on any atom is -0.444 e. The van der Waals surface area contributed by atoms with Gasteiger partial charge in [0.25, 0.3) is 0 Å². The Balaban J connectivity index is 0.00000320. The number of halogens is 1. The SMILES string of the molecule is CC(C)(C)[C@H](N)C(=O)N1C[C@H](O)C[C@H]1C(=O)NCc1ccc(-c2cnco2)cc1.Cl. The molecule has 2 heterocycles. The van der Waals surface area contributed by atoms with Crippen LogP contribution in [0.3, 0.4) is 0 Å². The van der Waals surface area contributed by atoms with E-state index in [4.69, 9.17) is 10.2 Å². The molecule has 0 bridgehead atoms. The first-order valence-corrected chi connectivity index (χ1v) is 9.66. The summed E-state index contributed by atoms with van der Waals surface area (Å²) in [6.45, 7) is 6.06. The maximum absolute atomic E-state index is 12.8. The highest BCUT2D eigenvalue weighted by molar-refractivity contribution is 5.90. The second-order valence-electron chi connectivity index (χ2n) is 8.52. The summed E-state index contributed by atoms with van der Waals surface area (Å²) in [5.74, 6) is 0.0609. The Morgan fingerprint density at radius 3 is 2.57 bits per heavy atom. The lowest BCUT2D eigenvalue weighted by molar-refractivity contribution is -0.141. The zero-order valence-electron chi connectivity index (χ0n) is 17.4. The van der Waals surface area contributed by atoms with Crippen molar-refractivity contribution in [2.45, 2.75) is 51.9 Å². The maximum atomic E-state index is 12.8. The van der Waals surface area contributed by atoms with E-state index in [2.05, 4.69) is 10.3 Å². The van der Waals surface area contributed by atoms with E-state index in [9.17, 15) is 14.7 Å². The number of benzene rings is 1. The highest BCUT2D eigenvalue weighted by atomic mass is 35.5. The molecule has 30 heavy (non-hydrogen) atoms. The standard InChI is InChI=1S/C21H28N4O4.ClH/c1-21(2,3)18(22)20(28)25-11-15(26)8-16(25)19(27)24-9-13-4-6-14(7-5-13)17-10-23-12-29-17;/h4-7,10,12,15-16,18,26H,8-9,11,22H2,1-3H3,(H,24,27);1H/t15-,16+,18-;/m1./s1. The summed E-state index contributed by atoms with van der Waals surface area (Å²) >= 11 is 0. The average molecular weight is 437 g/mol. The first-order chi connectivity index (χ1) is 13.7. The fourth-order valence-corrected chi connectivity index (χ4v) is 3.31. The molecule has 3 atom stereocenters. The molecule has 0 spiro atoms. The Bertz CT molecular complexity index is 849. The van der Waals surface area contributed by atoms with E-state index in [-0.39, 0.29) is 37.2 Å². The Morgan fingerprint density at radius 2 is 2.00 bits per heavy atom. The molecule has 1 aliphatic rings. The molecule has 1 aromatic carbocycles. The van der Waals surface area contributed by atoms with Gasteiger partial charge in [-0.05, 0) is 11.0 Å². The van der Waals surface area contributed by atoms with E-state index in [0.29, 0.717) is 12.3 Å². The number of oxazole rings is 1. The minimum absolute atomic E-state index is 0. The fraction of sp³-hybridized carbons (Fsp3) is 0.476. The van der Waals surface area contributed by atoms with Gasteiger partial charge in [0.2, 0.25) is 11.8 Å². The fourth-order valence-electron chi connectivity index (χ4n) is 3.31. The Labute approximate surface area is 182 Å². The summed E-state index contributed by atoms with van der Waals surface area (Å²) in [6, 6.07) is 6.09. The number of hydrogen-bond donors (Lipinski definition) is 3. The van der Waals surface area contributed by atoms with Crippen LogP contribution in [0.25, 0.3) is 11.3 Å². The molecule has 1 saturated heterocycles. The van der Waals surface area contributed by atoms with E-state index >= 15 is 0 Å². The molecule has 2 aromatic rings. The quantitative estimate of drug-likeness (QED) is 0.656. The Kier molecular flexibility index (Phi) is 7.63. The van der Waals surface area contributed by atoms with Crippen molar-refractivity contribution >= 4 is 24.2 Å². The molecule has 3 rings (SSSR count). The molecule has 0 unspecified atom stereocenters. The third kappa shape index (κ3) is 5.38. The largest absolute Gasteiger partial charge is 0.444 e. The van der Waals surface area contributed by atoms with E-state index in [1.165, 1.54) is 11.3 Å². The topological polar surface area (TPSA) is 122 Å². The van der Waals surface area contributed by atoms with Gasteiger partial charge in [-0.2, -0.15) is 0 Å². The van der Waals surface area contributed by atoms with Crippen LogP contribution in [0.2, 0.25) is 0 Å². The Morgan fingerprint density at radius 1 is 1.33 bits per heavy atom. The molecule has 164 valence electrons. The summed E-state index contributed by atoms with van der Waals surface area (Å²) in [5, 5.41) is 12.9. The second-order valence-corrected chi connectivity index (χ2v) is 8.52. The van der Waals surface area contributed by atoms with Gasteiger partial charge in [0, 0.05) is 25.1 Å². The number of carbonyl (C=O) groups is 2. The molecule has 0 radical (unpaired) electrons. The van der Waals surface area contributed by atoms with E-state index in [1.807, 2.05) is 45.0 Å². The van der Waals surface area contributed by atoms with Crippen molar-refractivity contribution in [2.24, 2.45) is 11.1 Å². The predicted octanol–water partition coefficient (Wildman–Crippen LogP) is 1.71. The van der Waals surface area contributed by atoms with Gasteiger partial charge >= 0.3 is 0 Å². The van der Waals surface area contributed by atoms with Crippen molar-refractivity contribution < 1.29 is 19.1 Å². The van der Waals surface area contributed by atoms with Crippen LogP contribution in [0.5, 0.6) is 0 Å². The number of likely N-dealkylation sites (tertiary alicyclic amines) is 1. The van der Waals surface area contributed by atoms with E-state index in [0.717, 1.165) is 11.1 Å². The van der Waals surface area contributed by atoms with Crippen molar-refractivity contribution in [2.75, 3.05) is 6.54 Å². The second kappa shape index (κ2) is 9.59. The average Bonchev–Trinajstić information content (AvgIpc) is 3.34. The van der Waals surface area contributed by atoms with Crippen molar-refractivity contribution in [1.29, 1.82) is 0 Å². The summed E-state index contributed by atoms with van der Waals surface area (Å²) in [4.78, 5) is 30.8. The highest BCUT2D eigenvalue weighted by Crippen LogP contribution is 2.25. The molecule has 1 fully saturated rings. The number of β-amino-alcohol motifs (C(OH)–C–C–N with tert-alkyl or cyclic N) is 1. The first-order valence-electron chi connectivity index (χ1n) is 9.66. The monoisotopic (exact) mass is 436 g/mol. The summed E-state index contributed by atoms with van der Waals surface area (Å²) in [5.41, 5.74) is 7.45. The number of nitrogens with two attached hydrogens (primary N) is 1. The van der Waals surface area contributed by atoms with Crippen molar-refractivity contribution in [1.82, 2.24) is 15.2 Å². The number of nitrogens with one attached hydrogen (secondary N) is 1. The number of rotatable bonds is 5. The van der Waals surface area contributed by atoms with Crippen molar-refractivity contribution in [3.63, 3.8) is 0 Å². The molecule has 1 aliphatic heterocycles. The maximum Gasteiger partial charge on any atom is 0.243 e.